The Hall–Kier alpha value is -3.92. The fraction of sp³-hybridized carbons (Fsp3) is 0.286. The van der Waals surface area contributed by atoms with E-state index in [0.29, 0.717) is 37.1 Å². The second kappa shape index (κ2) is 13.6. The molecule has 0 atom stereocenters. The third-order valence-corrected chi connectivity index (χ3v) is 6.92. The number of hydrogen-bond donors (Lipinski definition) is 1. The van der Waals surface area contributed by atoms with Crippen molar-refractivity contribution >= 4 is 29.0 Å². The van der Waals surface area contributed by atoms with Gasteiger partial charge in [0, 0.05) is 24.0 Å². The fourth-order valence-electron chi connectivity index (χ4n) is 3.76. The highest BCUT2D eigenvalue weighted by atomic mass is 32.1. The van der Waals surface area contributed by atoms with Crippen LogP contribution >= 0.6 is 11.3 Å². The molecule has 3 aromatic rings. The van der Waals surface area contributed by atoms with Crippen LogP contribution in [0.2, 0.25) is 0 Å². The molecule has 0 aliphatic rings. The minimum absolute atomic E-state index is 0.0575. The zero-order valence-electron chi connectivity index (χ0n) is 21.6. The van der Waals surface area contributed by atoms with Crippen molar-refractivity contribution in [3.63, 3.8) is 0 Å². The summed E-state index contributed by atoms with van der Waals surface area (Å²) in [4.78, 5) is 30.3. The highest BCUT2D eigenvalue weighted by molar-refractivity contribution is 7.10. The van der Waals surface area contributed by atoms with Gasteiger partial charge in [-0.25, -0.2) is 13.6 Å². The van der Waals surface area contributed by atoms with E-state index in [1.807, 2.05) is 36.6 Å². The number of aryl methyl sites for hydroxylation is 1. The molecule has 0 spiro atoms. The van der Waals surface area contributed by atoms with Gasteiger partial charge in [0.25, 0.3) is 0 Å². The Morgan fingerprint density at radius 1 is 1.05 bits per heavy atom. The van der Waals surface area contributed by atoms with Gasteiger partial charge in [-0.1, -0.05) is 12.1 Å². The lowest BCUT2D eigenvalue weighted by Gasteiger charge is -2.27. The van der Waals surface area contributed by atoms with Crippen molar-refractivity contribution < 1.29 is 27.8 Å². The number of halogens is 2. The van der Waals surface area contributed by atoms with E-state index in [1.165, 1.54) is 11.0 Å². The Bertz CT molecular complexity index is 1280. The Morgan fingerprint density at radius 2 is 1.82 bits per heavy atom. The van der Waals surface area contributed by atoms with Gasteiger partial charge in [0.15, 0.2) is 11.5 Å². The predicted octanol–water partition coefficient (Wildman–Crippen LogP) is 5.64. The molecule has 0 saturated heterocycles. The molecule has 2 aromatic carbocycles. The fourth-order valence-corrected chi connectivity index (χ4v) is 4.68. The second-order valence-corrected chi connectivity index (χ2v) is 9.51. The lowest BCUT2D eigenvalue weighted by molar-refractivity contribution is -0.132. The molecule has 0 saturated carbocycles. The van der Waals surface area contributed by atoms with Crippen molar-refractivity contribution in [3.8, 4) is 11.5 Å². The van der Waals surface area contributed by atoms with Gasteiger partial charge in [0.05, 0.1) is 26.5 Å². The van der Waals surface area contributed by atoms with Crippen LogP contribution in [-0.2, 0) is 17.8 Å². The summed E-state index contributed by atoms with van der Waals surface area (Å²) in [7, 11) is 3.13. The van der Waals surface area contributed by atoms with Crippen LogP contribution in [-0.4, -0.2) is 55.6 Å². The first kappa shape index (κ1) is 28.6. The van der Waals surface area contributed by atoms with Gasteiger partial charge in [-0.05, 0) is 60.2 Å². The SMILES string of the molecule is C=CCN(CC(=O)N(CCc1ccc(OC)c(OC)c1)Cc1sccc1C)C(=O)Nc1ccc(F)cc1F. The number of carbonyl (C=O) groups is 2. The minimum atomic E-state index is -0.909. The first-order valence-corrected chi connectivity index (χ1v) is 12.8. The summed E-state index contributed by atoms with van der Waals surface area (Å²) in [6, 6.07) is 9.74. The monoisotopic (exact) mass is 543 g/mol. The maximum absolute atomic E-state index is 14.1. The number of benzene rings is 2. The standard InChI is InChI=1S/C28H31F2N3O4S/c1-5-12-33(28(35)31-23-8-7-21(29)16-22(23)30)18-27(34)32(17-26-19(2)11-14-38-26)13-10-20-6-9-24(36-3)25(15-20)37-4/h5-9,11,14-16H,1,10,12-13,17-18H2,2-4H3,(H,31,35). The number of amides is 3. The van der Waals surface area contributed by atoms with Gasteiger partial charge < -0.3 is 24.6 Å². The summed E-state index contributed by atoms with van der Waals surface area (Å²) >= 11 is 1.56. The van der Waals surface area contributed by atoms with Crippen LogP contribution in [0.4, 0.5) is 19.3 Å². The summed E-state index contributed by atoms with van der Waals surface area (Å²) in [5.41, 5.74) is 1.85. The first-order chi connectivity index (χ1) is 18.2. The molecule has 1 heterocycles. The maximum atomic E-state index is 14.1. The van der Waals surface area contributed by atoms with E-state index in [9.17, 15) is 18.4 Å². The molecule has 1 N–H and O–H groups in total. The molecular weight excluding hydrogens is 512 g/mol. The molecule has 3 amide bonds. The molecule has 10 heteroatoms. The molecule has 0 fully saturated rings. The van der Waals surface area contributed by atoms with Gasteiger partial charge in [-0.2, -0.15) is 0 Å². The minimum Gasteiger partial charge on any atom is -0.493 e. The van der Waals surface area contributed by atoms with E-state index in [1.54, 1.807) is 30.5 Å². The number of methoxy groups -OCH3 is 2. The Labute approximate surface area is 225 Å². The van der Waals surface area contributed by atoms with Crippen molar-refractivity contribution in [1.82, 2.24) is 9.80 Å². The van der Waals surface area contributed by atoms with Gasteiger partial charge >= 0.3 is 6.03 Å². The molecule has 0 aliphatic carbocycles. The lowest BCUT2D eigenvalue weighted by atomic mass is 10.1. The maximum Gasteiger partial charge on any atom is 0.322 e. The van der Waals surface area contributed by atoms with E-state index in [0.717, 1.165) is 28.1 Å². The number of carbonyl (C=O) groups excluding carboxylic acids is 2. The number of urea groups is 1. The summed E-state index contributed by atoms with van der Waals surface area (Å²) < 4.78 is 38.0. The zero-order valence-corrected chi connectivity index (χ0v) is 22.4. The average Bonchev–Trinajstić information content (AvgIpc) is 3.31. The number of ether oxygens (including phenoxy) is 2. The number of nitrogens with zero attached hydrogens (tertiary/aromatic N) is 2. The molecule has 1 aromatic heterocycles. The molecule has 0 radical (unpaired) electrons. The molecule has 0 unspecified atom stereocenters. The third kappa shape index (κ3) is 7.55. The van der Waals surface area contributed by atoms with Crippen molar-refractivity contribution in [2.75, 3.05) is 39.2 Å². The van der Waals surface area contributed by atoms with Crippen LogP contribution in [0, 0.1) is 18.6 Å². The second-order valence-electron chi connectivity index (χ2n) is 8.50. The molecule has 0 aliphatic heterocycles. The van der Waals surface area contributed by atoms with E-state index >= 15 is 0 Å². The zero-order chi connectivity index (χ0) is 27.7. The van der Waals surface area contributed by atoms with Crippen LogP contribution in [0.25, 0.3) is 0 Å². The van der Waals surface area contributed by atoms with E-state index in [-0.39, 0.29) is 24.7 Å². The van der Waals surface area contributed by atoms with Crippen molar-refractivity contribution in [1.29, 1.82) is 0 Å². The summed E-state index contributed by atoms with van der Waals surface area (Å²) in [6.07, 6.45) is 2.02. The molecule has 3 rings (SSSR count). The first-order valence-electron chi connectivity index (χ1n) is 11.9. The Morgan fingerprint density at radius 3 is 2.45 bits per heavy atom. The number of rotatable bonds is 12. The van der Waals surface area contributed by atoms with Crippen LogP contribution in [0.15, 0.2) is 60.5 Å². The summed E-state index contributed by atoms with van der Waals surface area (Å²) in [5.74, 6) is -0.740. The van der Waals surface area contributed by atoms with Crippen LogP contribution < -0.4 is 14.8 Å². The predicted molar refractivity (Wildman–Crippen MR) is 145 cm³/mol. The summed E-state index contributed by atoms with van der Waals surface area (Å²) in [6.45, 7) is 6.22. The van der Waals surface area contributed by atoms with Gasteiger partial charge in [0.1, 0.15) is 18.2 Å². The smallest absolute Gasteiger partial charge is 0.322 e. The van der Waals surface area contributed by atoms with Crippen LogP contribution in [0.3, 0.4) is 0 Å². The molecule has 38 heavy (non-hydrogen) atoms. The van der Waals surface area contributed by atoms with Gasteiger partial charge in [0.2, 0.25) is 5.91 Å². The highest BCUT2D eigenvalue weighted by Gasteiger charge is 2.23. The highest BCUT2D eigenvalue weighted by Crippen LogP contribution is 2.28. The Balaban J connectivity index is 1.76. The van der Waals surface area contributed by atoms with Gasteiger partial charge in [-0.15, -0.1) is 17.9 Å². The largest absolute Gasteiger partial charge is 0.493 e. The van der Waals surface area contributed by atoms with E-state index in [4.69, 9.17) is 9.47 Å². The van der Waals surface area contributed by atoms with Crippen LogP contribution in [0.5, 0.6) is 11.5 Å². The van der Waals surface area contributed by atoms with Crippen LogP contribution in [0.1, 0.15) is 16.0 Å². The van der Waals surface area contributed by atoms with E-state index in [2.05, 4.69) is 11.9 Å². The molecule has 7 nitrogen and oxygen atoms in total. The van der Waals surface area contributed by atoms with Crippen molar-refractivity contribution in [3.05, 3.63) is 88.1 Å². The normalized spacial score (nSPS) is 10.6. The van der Waals surface area contributed by atoms with Crippen molar-refractivity contribution in [2.45, 2.75) is 19.9 Å². The molecular formula is C28H31F2N3O4S. The number of hydrogen-bond acceptors (Lipinski definition) is 5. The van der Waals surface area contributed by atoms with Gasteiger partial charge in [-0.3, -0.25) is 4.79 Å². The third-order valence-electron chi connectivity index (χ3n) is 5.91. The van der Waals surface area contributed by atoms with E-state index < -0.39 is 17.7 Å². The number of anilines is 1. The van der Waals surface area contributed by atoms with Crippen molar-refractivity contribution in [2.24, 2.45) is 0 Å². The quantitative estimate of drug-likeness (QED) is 0.300. The average molecular weight is 544 g/mol. The molecule has 202 valence electrons. The topological polar surface area (TPSA) is 71.1 Å². The lowest BCUT2D eigenvalue weighted by Crippen LogP contribution is -2.45. The number of thiophene rings is 1. The summed E-state index contributed by atoms with van der Waals surface area (Å²) in [5, 5.41) is 4.37. The molecule has 0 bridgehead atoms. The number of nitrogens with one attached hydrogen (secondary N) is 1. The Kier molecular flexibility index (Phi) is 10.2.